The maximum absolute atomic E-state index is 14.9. The van der Waals surface area contributed by atoms with Crippen molar-refractivity contribution >= 4 is 39.7 Å². The van der Waals surface area contributed by atoms with E-state index in [-0.39, 0.29) is 12.0 Å². The van der Waals surface area contributed by atoms with Gasteiger partial charge in [0.15, 0.2) is 5.65 Å². The first kappa shape index (κ1) is 19.9. The van der Waals surface area contributed by atoms with E-state index in [1.807, 2.05) is 18.2 Å². The topological polar surface area (TPSA) is 101 Å². The standard InChI is InChI=1S/C22H16FIN4O3/c23-16-9-11(1-3-15(16)20-26-17-4-5-18(24)27-21(17)28-20)12-2-6-19(25-10-12)31-14-7-13(8-14)22(29)30/h1-6,9-10,13-14H,7-8H2,(H,29,30)(H,26,27,28). The number of H-pyrrole nitrogens is 1. The number of aromatic amines is 1. The summed E-state index contributed by atoms with van der Waals surface area (Å²) in [4.78, 5) is 27.0. The van der Waals surface area contributed by atoms with Crippen molar-refractivity contribution in [1.29, 1.82) is 0 Å². The third-order valence-corrected chi connectivity index (χ3v) is 5.94. The van der Waals surface area contributed by atoms with Crippen LogP contribution in [0.15, 0.2) is 48.7 Å². The molecule has 0 bridgehead atoms. The number of imidazole rings is 1. The number of fused-ring (bicyclic) bond motifs is 1. The molecule has 0 atom stereocenters. The van der Waals surface area contributed by atoms with Crippen LogP contribution in [0.2, 0.25) is 0 Å². The number of halogens is 2. The molecule has 0 amide bonds. The number of aliphatic carboxylic acids is 1. The summed E-state index contributed by atoms with van der Waals surface area (Å²) in [6.45, 7) is 0. The van der Waals surface area contributed by atoms with Gasteiger partial charge in [0.1, 0.15) is 21.4 Å². The molecule has 2 N–H and O–H groups in total. The average Bonchev–Trinajstić information content (AvgIpc) is 3.13. The molecule has 1 saturated carbocycles. The quantitative estimate of drug-likeness (QED) is 0.287. The molecule has 156 valence electrons. The van der Waals surface area contributed by atoms with Crippen LogP contribution in [0, 0.1) is 15.4 Å². The first-order valence-corrected chi connectivity index (χ1v) is 10.7. The maximum atomic E-state index is 14.9. The minimum atomic E-state index is -0.790. The zero-order chi connectivity index (χ0) is 21.5. The average molecular weight is 530 g/mol. The Labute approximate surface area is 189 Å². The molecule has 0 spiro atoms. The summed E-state index contributed by atoms with van der Waals surface area (Å²) in [7, 11) is 0. The Morgan fingerprint density at radius 3 is 2.65 bits per heavy atom. The zero-order valence-corrected chi connectivity index (χ0v) is 18.2. The summed E-state index contributed by atoms with van der Waals surface area (Å²) in [5, 5.41) is 8.93. The molecule has 0 radical (unpaired) electrons. The molecule has 0 aliphatic heterocycles. The van der Waals surface area contributed by atoms with Crippen molar-refractivity contribution in [2.24, 2.45) is 5.92 Å². The molecule has 0 unspecified atom stereocenters. The maximum Gasteiger partial charge on any atom is 0.306 e. The smallest absolute Gasteiger partial charge is 0.306 e. The Balaban J connectivity index is 1.33. The van der Waals surface area contributed by atoms with Crippen LogP contribution in [0.3, 0.4) is 0 Å². The molecule has 1 aliphatic carbocycles. The van der Waals surface area contributed by atoms with Crippen LogP contribution in [0.1, 0.15) is 12.8 Å². The predicted octanol–water partition coefficient (Wildman–Crippen LogP) is 4.67. The molecule has 3 aromatic heterocycles. The monoisotopic (exact) mass is 530 g/mol. The fourth-order valence-electron chi connectivity index (χ4n) is 3.54. The fraction of sp³-hybridized carbons (Fsp3) is 0.182. The van der Waals surface area contributed by atoms with E-state index in [0.29, 0.717) is 41.3 Å². The van der Waals surface area contributed by atoms with E-state index in [2.05, 4.69) is 42.5 Å². The van der Waals surface area contributed by atoms with Gasteiger partial charge in [-0.2, -0.15) is 0 Å². The lowest BCUT2D eigenvalue weighted by Gasteiger charge is -2.31. The van der Waals surface area contributed by atoms with Crippen LogP contribution < -0.4 is 4.74 Å². The van der Waals surface area contributed by atoms with E-state index in [0.717, 1.165) is 14.8 Å². The van der Waals surface area contributed by atoms with Gasteiger partial charge in [-0.1, -0.05) is 6.07 Å². The van der Waals surface area contributed by atoms with Gasteiger partial charge in [0, 0.05) is 17.8 Å². The molecule has 3 heterocycles. The first-order chi connectivity index (χ1) is 15.0. The second-order valence-electron chi connectivity index (χ2n) is 7.42. The number of pyridine rings is 2. The minimum Gasteiger partial charge on any atom is -0.481 e. The molecule has 31 heavy (non-hydrogen) atoms. The van der Waals surface area contributed by atoms with Crippen molar-refractivity contribution in [3.63, 3.8) is 0 Å². The third kappa shape index (κ3) is 3.97. The lowest BCUT2D eigenvalue weighted by Crippen LogP contribution is -2.38. The number of benzene rings is 1. The molecule has 5 rings (SSSR count). The van der Waals surface area contributed by atoms with Gasteiger partial charge in [-0.3, -0.25) is 4.79 Å². The van der Waals surface area contributed by atoms with Gasteiger partial charge in [0.25, 0.3) is 0 Å². The van der Waals surface area contributed by atoms with Crippen molar-refractivity contribution in [3.05, 3.63) is 58.2 Å². The Kier molecular flexibility index (Phi) is 5.05. The summed E-state index contributed by atoms with van der Waals surface area (Å²) in [6, 6.07) is 12.2. The minimum absolute atomic E-state index is 0.127. The number of carboxylic acids is 1. The number of carboxylic acid groups (broad SMARTS) is 1. The summed E-state index contributed by atoms with van der Waals surface area (Å²) in [5.41, 5.74) is 3.09. The first-order valence-electron chi connectivity index (χ1n) is 9.64. The SMILES string of the molecule is O=C(O)C1CC(Oc2ccc(-c3ccc(-c4nc5nc(I)ccc5[nH]4)c(F)c3)cn2)C1. The predicted molar refractivity (Wildman–Crippen MR) is 120 cm³/mol. The van der Waals surface area contributed by atoms with Gasteiger partial charge >= 0.3 is 5.97 Å². The highest BCUT2D eigenvalue weighted by molar-refractivity contribution is 14.1. The summed E-state index contributed by atoms with van der Waals surface area (Å²) < 4.78 is 21.4. The summed E-state index contributed by atoms with van der Waals surface area (Å²) >= 11 is 2.11. The number of carbonyl (C=O) groups is 1. The molecule has 4 aromatic rings. The van der Waals surface area contributed by atoms with Gasteiger partial charge in [-0.25, -0.2) is 19.3 Å². The van der Waals surface area contributed by atoms with Crippen molar-refractivity contribution in [1.82, 2.24) is 19.9 Å². The highest BCUT2D eigenvalue weighted by Crippen LogP contribution is 2.32. The van der Waals surface area contributed by atoms with Gasteiger partial charge in [0.05, 0.1) is 17.0 Å². The number of nitrogens with zero attached hydrogens (tertiary/aromatic N) is 3. The van der Waals surface area contributed by atoms with Crippen LogP contribution >= 0.6 is 22.6 Å². The zero-order valence-electron chi connectivity index (χ0n) is 16.0. The highest BCUT2D eigenvalue weighted by Gasteiger charge is 2.36. The van der Waals surface area contributed by atoms with E-state index in [9.17, 15) is 9.18 Å². The molecule has 7 nitrogen and oxygen atoms in total. The van der Waals surface area contributed by atoms with E-state index in [4.69, 9.17) is 9.84 Å². The molecule has 1 aliphatic rings. The van der Waals surface area contributed by atoms with Gasteiger partial charge in [-0.05, 0) is 71.3 Å². The van der Waals surface area contributed by atoms with E-state index < -0.39 is 11.8 Å². The molecule has 1 fully saturated rings. The van der Waals surface area contributed by atoms with E-state index >= 15 is 0 Å². The number of nitrogens with one attached hydrogen (secondary N) is 1. The van der Waals surface area contributed by atoms with Crippen molar-refractivity contribution < 1.29 is 19.0 Å². The number of hydrogen-bond donors (Lipinski definition) is 2. The summed E-state index contributed by atoms with van der Waals surface area (Å²) in [6.07, 6.45) is 2.46. The second-order valence-corrected chi connectivity index (χ2v) is 8.52. The van der Waals surface area contributed by atoms with Crippen LogP contribution in [-0.2, 0) is 4.79 Å². The molecular weight excluding hydrogens is 514 g/mol. The van der Waals surface area contributed by atoms with Gasteiger partial charge < -0.3 is 14.8 Å². The van der Waals surface area contributed by atoms with E-state index in [1.165, 1.54) is 6.07 Å². The second kappa shape index (κ2) is 7.88. The van der Waals surface area contributed by atoms with Crippen molar-refractivity contribution in [2.45, 2.75) is 18.9 Å². The Hall–Kier alpha value is -3.08. The van der Waals surface area contributed by atoms with Crippen molar-refractivity contribution in [3.8, 4) is 28.4 Å². The molecular formula is C22H16FIN4O3. The Bertz CT molecular complexity index is 1290. The molecule has 1 aromatic carbocycles. The lowest BCUT2D eigenvalue weighted by atomic mass is 9.82. The van der Waals surface area contributed by atoms with Gasteiger partial charge in [0.2, 0.25) is 5.88 Å². The van der Waals surface area contributed by atoms with Crippen LogP contribution in [0.25, 0.3) is 33.7 Å². The Morgan fingerprint density at radius 1 is 1.13 bits per heavy atom. The molecule has 0 saturated heterocycles. The lowest BCUT2D eigenvalue weighted by molar-refractivity contribution is -0.148. The number of aromatic nitrogens is 4. The summed E-state index contributed by atoms with van der Waals surface area (Å²) in [5.74, 6) is -0.672. The van der Waals surface area contributed by atoms with E-state index in [1.54, 1.807) is 24.4 Å². The molecule has 9 heteroatoms. The number of ether oxygens (including phenoxy) is 1. The Morgan fingerprint density at radius 2 is 1.94 bits per heavy atom. The van der Waals surface area contributed by atoms with Crippen LogP contribution in [0.5, 0.6) is 5.88 Å². The number of hydrogen-bond acceptors (Lipinski definition) is 5. The normalized spacial score (nSPS) is 18.0. The third-order valence-electron chi connectivity index (χ3n) is 5.34. The fourth-order valence-corrected chi connectivity index (χ4v) is 3.95. The number of rotatable bonds is 5. The highest BCUT2D eigenvalue weighted by atomic mass is 127. The van der Waals surface area contributed by atoms with Crippen LogP contribution in [-0.4, -0.2) is 37.1 Å². The largest absolute Gasteiger partial charge is 0.481 e. The van der Waals surface area contributed by atoms with Gasteiger partial charge in [-0.15, -0.1) is 0 Å². The van der Waals surface area contributed by atoms with Crippen molar-refractivity contribution in [2.75, 3.05) is 0 Å². The van der Waals surface area contributed by atoms with Crippen LogP contribution in [0.4, 0.5) is 4.39 Å².